The molecule has 1 aromatic heterocycles. The molecule has 2 heterocycles. The number of anilines is 1. The Morgan fingerprint density at radius 3 is 2.61 bits per heavy atom. The van der Waals surface area contributed by atoms with Crippen molar-refractivity contribution in [1.82, 2.24) is 4.90 Å². The van der Waals surface area contributed by atoms with Crippen molar-refractivity contribution in [3.63, 3.8) is 0 Å². The van der Waals surface area contributed by atoms with Crippen LogP contribution >= 0.6 is 11.3 Å². The molecule has 31 heavy (non-hydrogen) atoms. The molecule has 0 saturated heterocycles. The Kier molecular flexibility index (Phi) is 5.87. The molecule has 0 bridgehead atoms. The van der Waals surface area contributed by atoms with Crippen molar-refractivity contribution in [3.05, 3.63) is 87.6 Å². The Morgan fingerprint density at radius 2 is 1.90 bits per heavy atom. The number of carbonyl (C=O) groups excluding carboxylic acids is 2. The second-order valence-corrected chi connectivity index (χ2v) is 8.97. The Hall–Kier alpha value is -3.06. The second kappa shape index (κ2) is 8.59. The third kappa shape index (κ3) is 4.10. The van der Waals surface area contributed by atoms with Gasteiger partial charge in [0.15, 0.2) is 0 Å². The fourth-order valence-corrected chi connectivity index (χ4v) is 4.92. The predicted octanol–water partition coefficient (Wildman–Crippen LogP) is 5.60. The Labute approximate surface area is 183 Å². The van der Waals surface area contributed by atoms with Crippen molar-refractivity contribution in [2.24, 2.45) is 5.92 Å². The smallest absolute Gasteiger partial charge is 0.254 e. The van der Waals surface area contributed by atoms with Gasteiger partial charge in [-0.2, -0.15) is 0 Å². The standard InChI is InChI=1S/C24H22F2N2O2S/c1-14(2)13-28-22(20-8-5-11-31-20)21(16-6-3-4-7-17(16)24(28)30)23(29)27-19-12-15(25)9-10-18(19)26/h3-12,14,21-22H,13H2,1-2H3,(H,27,29)/t21-,22+/m0/s1. The molecular weight excluding hydrogens is 418 g/mol. The Morgan fingerprint density at radius 1 is 1.13 bits per heavy atom. The fraction of sp³-hybridized carbons (Fsp3) is 0.250. The molecular formula is C24H22F2N2O2S. The van der Waals surface area contributed by atoms with Crippen LogP contribution in [-0.2, 0) is 4.79 Å². The average Bonchev–Trinajstić information content (AvgIpc) is 3.26. The number of carbonyl (C=O) groups is 2. The SMILES string of the molecule is CC(C)CN1C(=O)c2ccccc2[C@H](C(=O)Nc2cc(F)ccc2F)[C@H]1c1cccs1. The van der Waals surface area contributed by atoms with E-state index in [1.165, 1.54) is 11.3 Å². The van der Waals surface area contributed by atoms with Gasteiger partial charge in [0, 0.05) is 23.1 Å². The summed E-state index contributed by atoms with van der Waals surface area (Å²) in [6, 6.07) is 13.2. The van der Waals surface area contributed by atoms with Crippen LogP contribution in [0.4, 0.5) is 14.5 Å². The maximum atomic E-state index is 14.2. The Balaban J connectivity index is 1.83. The minimum Gasteiger partial charge on any atom is -0.329 e. The van der Waals surface area contributed by atoms with Gasteiger partial charge < -0.3 is 10.2 Å². The number of hydrogen-bond acceptors (Lipinski definition) is 3. The van der Waals surface area contributed by atoms with Crippen LogP contribution in [0.5, 0.6) is 0 Å². The first-order valence-corrected chi connectivity index (χ1v) is 10.9. The molecule has 4 nitrogen and oxygen atoms in total. The molecule has 0 spiro atoms. The van der Waals surface area contributed by atoms with Gasteiger partial charge in [-0.3, -0.25) is 9.59 Å². The van der Waals surface area contributed by atoms with E-state index in [0.29, 0.717) is 17.7 Å². The van der Waals surface area contributed by atoms with Gasteiger partial charge in [-0.1, -0.05) is 38.1 Å². The summed E-state index contributed by atoms with van der Waals surface area (Å²) in [5, 5.41) is 4.45. The number of amides is 2. The minimum absolute atomic E-state index is 0.135. The van der Waals surface area contributed by atoms with Crippen LogP contribution in [0.1, 0.15) is 46.6 Å². The van der Waals surface area contributed by atoms with Gasteiger partial charge in [-0.05, 0) is 41.1 Å². The zero-order valence-electron chi connectivity index (χ0n) is 17.1. The molecule has 0 fully saturated rings. The van der Waals surface area contributed by atoms with Crippen LogP contribution in [0.2, 0.25) is 0 Å². The molecule has 1 aliphatic rings. The minimum atomic E-state index is -0.769. The number of nitrogens with zero attached hydrogens (tertiary/aromatic N) is 1. The van der Waals surface area contributed by atoms with Crippen LogP contribution in [0.15, 0.2) is 60.0 Å². The van der Waals surface area contributed by atoms with Gasteiger partial charge in [0.05, 0.1) is 17.6 Å². The van der Waals surface area contributed by atoms with E-state index >= 15 is 0 Å². The highest BCUT2D eigenvalue weighted by atomic mass is 32.1. The first-order chi connectivity index (χ1) is 14.9. The summed E-state index contributed by atoms with van der Waals surface area (Å²) in [4.78, 5) is 29.5. The van der Waals surface area contributed by atoms with E-state index in [-0.39, 0.29) is 17.5 Å². The van der Waals surface area contributed by atoms with Crippen LogP contribution in [0.25, 0.3) is 0 Å². The molecule has 1 aliphatic heterocycles. The van der Waals surface area contributed by atoms with Gasteiger partial charge >= 0.3 is 0 Å². The van der Waals surface area contributed by atoms with E-state index < -0.39 is 29.5 Å². The van der Waals surface area contributed by atoms with Crippen molar-refractivity contribution in [2.45, 2.75) is 25.8 Å². The molecule has 1 N–H and O–H groups in total. The van der Waals surface area contributed by atoms with E-state index in [0.717, 1.165) is 23.1 Å². The summed E-state index contributed by atoms with van der Waals surface area (Å²) in [6.07, 6.45) is 0. The van der Waals surface area contributed by atoms with Crippen LogP contribution in [0.3, 0.4) is 0 Å². The van der Waals surface area contributed by atoms with Gasteiger partial charge in [0.2, 0.25) is 5.91 Å². The van der Waals surface area contributed by atoms with Crippen LogP contribution < -0.4 is 5.32 Å². The largest absolute Gasteiger partial charge is 0.329 e. The van der Waals surface area contributed by atoms with Crippen molar-refractivity contribution < 1.29 is 18.4 Å². The van der Waals surface area contributed by atoms with Crippen molar-refractivity contribution in [2.75, 3.05) is 11.9 Å². The van der Waals surface area contributed by atoms with Gasteiger partial charge in [-0.15, -0.1) is 11.3 Å². The summed E-state index contributed by atoms with van der Waals surface area (Å²) >= 11 is 1.46. The van der Waals surface area contributed by atoms with Crippen LogP contribution in [0, 0.1) is 17.6 Å². The molecule has 4 rings (SSSR count). The highest BCUT2D eigenvalue weighted by Gasteiger charge is 2.44. The zero-order chi connectivity index (χ0) is 22.1. The molecule has 0 aliphatic carbocycles. The monoisotopic (exact) mass is 440 g/mol. The summed E-state index contributed by atoms with van der Waals surface area (Å²) in [6.45, 7) is 4.49. The number of hydrogen-bond donors (Lipinski definition) is 1. The van der Waals surface area contributed by atoms with E-state index in [1.54, 1.807) is 29.2 Å². The summed E-state index contributed by atoms with van der Waals surface area (Å²) in [5.41, 5.74) is 0.816. The molecule has 0 saturated carbocycles. The molecule has 160 valence electrons. The number of rotatable bonds is 5. The highest BCUT2D eigenvalue weighted by Crippen LogP contribution is 2.45. The summed E-state index contributed by atoms with van der Waals surface area (Å²) in [7, 11) is 0. The third-order valence-electron chi connectivity index (χ3n) is 5.30. The molecule has 2 amide bonds. The number of benzene rings is 2. The lowest BCUT2D eigenvalue weighted by Crippen LogP contribution is -2.47. The normalized spacial score (nSPS) is 18.2. The number of nitrogens with one attached hydrogen (secondary N) is 1. The molecule has 2 aromatic carbocycles. The van der Waals surface area contributed by atoms with Gasteiger partial charge in [0.1, 0.15) is 11.6 Å². The van der Waals surface area contributed by atoms with Crippen molar-refractivity contribution in [3.8, 4) is 0 Å². The predicted molar refractivity (Wildman–Crippen MR) is 117 cm³/mol. The first-order valence-electron chi connectivity index (χ1n) is 10.1. The van der Waals surface area contributed by atoms with E-state index in [4.69, 9.17) is 0 Å². The molecule has 2 atom stereocenters. The molecule has 7 heteroatoms. The number of halogens is 2. The molecule has 0 radical (unpaired) electrons. The van der Waals surface area contributed by atoms with Gasteiger partial charge in [0.25, 0.3) is 5.91 Å². The fourth-order valence-electron chi connectivity index (χ4n) is 4.05. The first kappa shape index (κ1) is 21.2. The van der Waals surface area contributed by atoms with Crippen molar-refractivity contribution >= 4 is 28.8 Å². The van der Waals surface area contributed by atoms with Crippen molar-refractivity contribution in [1.29, 1.82) is 0 Å². The third-order valence-corrected chi connectivity index (χ3v) is 6.25. The lowest BCUT2D eigenvalue weighted by molar-refractivity contribution is -0.119. The molecule has 0 unspecified atom stereocenters. The summed E-state index contributed by atoms with van der Waals surface area (Å²) < 4.78 is 27.9. The number of thiophene rings is 1. The lowest BCUT2D eigenvalue weighted by Gasteiger charge is -2.42. The second-order valence-electron chi connectivity index (χ2n) is 7.99. The lowest BCUT2D eigenvalue weighted by atomic mass is 9.81. The summed E-state index contributed by atoms with van der Waals surface area (Å²) in [5.74, 6) is -2.58. The number of fused-ring (bicyclic) bond motifs is 1. The van der Waals surface area contributed by atoms with Crippen LogP contribution in [-0.4, -0.2) is 23.3 Å². The maximum absolute atomic E-state index is 14.2. The quantitative estimate of drug-likeness (QED) is 0.561. The van der Waals surface area contributed by atoms with E-state index in [9.17, 15) is 18.4 Å². The average molecular weight is 441 g/mol. The Bertz CT molecular complexity index is 1110. The maximum Gasteiger partial charge on any atom is 0.254 e. The van der Waals surface area contributed by atoms with E-state index in [1.807, 2.05) is 31.4 Å². The molecule has 3 aromatic rings. The van der Waals surface area contributed by atoms with E-state index in [2.05, 4.69) is 5.32 Å². The van der Waals surface area contributed by atoms with Gasteiger partial charge in [-0.25, -0.2) is 8.78 Å². The topological polar surface area (TPSA) is 49.4 Å². The highest BCUT2D eigenvalue weighted by molar-refractivity contribution is 7.10. The zero-order valence-corrected chi connectivity index (χ0v) is 18.0.